The van der Waals surface area contributed by atoms with Crippen LogP contribution in [0.3, 0.4) is 0 Å². The second-order valence-electron chi connectivity index (χ2n) is 3.79. The first-order chi connectivity index (χ1) is 8.19. The first-order valence-electron chi connectivity index (χ1n) is 5.37. The summed E-state index contributed by atoms with van der Waals surface area (Å²) in [6, 6.07) is 5.94. The molecule has 1 N–H and O–H groups in total. The van der Waals surface area contributed by atoms with E-state index in [1.165, 1.54) is 0 Å². The molecule has 0 bridgehead atoms. The zero-order valence-electron chi connectivity index (χ0n) is 10.2. The Balaban J connectivity index is 2.10. The van der Waals surface area contributed by atoms with Crippen LogP contribution in [0.4, 0.5) is 5.69 Å². The zero-order valence-corrected chi connectivity index (χ0v) is 10.2. The van der Waals surface area contributed by atoms with Crippen LogP contribution in [0.2, 0.25) is 0 Å². The normalized spacial score (nSPS) is 10.3. The van der Waals surface area contributed by atoms with Crippen molar-refractivity contribution < 1.29 is 9.26 Å². The van der Waals surface area contributed by atoms with Crippen LogP contribution in [0.15, 0.2) is 22.7 Å². The van der Waals surface area contributed by atoms with Gasteiger partial charge in [0.2, 0.25) is 5.89 Å². The van der Waals surface area contributed by atoms with Crippen molar-refractivity contribution in [2.24, 2.45) is 0 Å². The molecule has 0 aliphatic carbocycles. The van der Waals surface area contributed by atoms with Crippen molar-refractivity contribution in [1.82, 2.24) is 10.1 Å². The minimum absolute atomic E-state index is 0.487. The Labute approximate surface area is 99.8 Å². The van der Waals surface area contributed by atoms with E-state index in [0.29, 0.717) is 18.3 Å². The van der Waals surface area contributed by atoms with Crippen LogP contribution in [0.5, 0.6) is 5.75 Å². The molecule has 0 aliphatic rings. The molecule has 0 radical (unpaired) electrons. The smallest absolute Gasteiger partial charge is 0.245 e. The van der Waals surface area contributed by atoms with Gasteiger partial charge >= 0.3 is 0 Å². The number of ether oxygens (including phenoxy) is 1. The largest absolute Gasteiger partial charge is 0.495 e. The van der Waals surface area contributed by atoms with Gasteiger partial charge in [0, 0.05) is 0 Å². The average molecular weight is 233 g/mol. The third kappa shape index (κ3) is 2.75. The molecule has 0 fully saturated rings. The quantitative estimate of drug-likeness (QED) is 0.878. The Morgan fingerprint density at radius 2 is 2.18 bits per heavy atom. The van der Waals surface area contributed by atoms with Gasteiger partial charge in [-0.2, -0.15) is 4.98 Å². The minimum atomic E-state index is 0.487. The molecule has 5 heteroatoms. The number of rotatable bonds is 4. The molecule has 0 aliphatic heterocycles. The van der Waals surface area contributed by atoms with Crippen molar-refractivity contribution >= 4 is 5.69 Å². The maximum absolute atomic E-state index is 5.26. The van der Waals surface area contributed by atoms with E-state index in [4.69, 9.17) is 9.26 Å². The second kappa shape index (κ2) is 4.86. The fourth-order valence-corrected chi connectivity index (χ4v) is 1.54. The monoisotopic (exact) mass is 233 g/mol. The Morgan fingerprint density at radius 1 is 1.35 bits per heavy atom. The van der Waals surface area contributed by atoms with Crippen molar-refractivity contribution in [3.05, 3.63) is 35.5 Å². The molecule has 0 spiro atoms. The molecule has 1 aromatic carbocycles. The molecule has 1 aromatic heterocycles. The summed E-state index contributed by atoms with van der Waals surface area (Å²) >= 11 is 0. The molecule has 2 aromatic rings. The first-order valence-corrected chi connectivity index (χ1v) is 5.37. The number of aryl methyl sites for hydroxylation is 2. The standard InChI is InChI=1S/C12H15N3O2/c1-8-4-5-11(16-3)10(6-8)13-7-12-14-9(2)15-17-12/h4-6,13H,7H2,1-3H3. The number of nitrogens with one attached hydrogen (secondary N) is 1. The lowest BCUT2D eigenvalue weighted by Crippen LogP contribution is -2.02. The molecule has 1 heterocycles. The van der Waals surface area contributed by atoms with Crippen LogP contribution in [-0.2, 0) is 6.54 Å². The fraction of sp³-hybridized carbons (Fsp3) is 0.333. The van der Waals surface area contributed by atoms with E-state index in [2.05, 4.69) is 15.5 Å². The summed E-state index contributed by atoms with van der Waals surface area (Å²) in [6.07, 6.45) is 0. The molecule has 0 saturated carbocycles. The summed E-state index contributed by atoms with van der Waals surface area (Å²) in [6.45, 7) is 4.31. The molecular formula is C12H15N3O2. The maximum Gasteiger partial charge on any atom is 0.245 e. The number of aromatic nitrogens is 2. The van der Waals surface area contributed by atoms with E-state index in [9.17, 15) is 0 Å². The van der Waals surface area contributed by atoms with Crippen molar-refractivity contribution in [2.45, 2.75) is 20.4 Å². The van der Waals surface area contributed by atoms with Crippen LogP contribution in [-0.4, -0.2) is 17.3 Å². The highest BCUT2D eigenvalue weighted by Crippen LogP contribution is 2.25. The van der Waals surface area contributed by atoms with Crippen molar-refractivity contribution in [1.29, 1.82) is 0 Å². The highest BCUT2D eigenvalue weighted by Gasteiger charge is 2.06. The Morgan fingerprint density at radius 3 is 2.82 bits per heavy atom. The van der Waals surface area contributed by atoms with Gasteiger partial charge < -0.3 is 14.6 Å². The van der Waals surface area contributed by atoms with Crippen molar-refractivity contribution in [3.8, 4) is 5.75 Å². The summed E-state index contributed by atoms with van der Waals surface area (Å²) in [5.41, 5.74) is 2.08. The highest BCUT2D eigenvalue weighted by atomic mass is 16.5. The summed E-state index contributed by atoms with van der Waals surface area (Å²) in [5.74, 6) is 2.00. The molecule has 17 heavy (non-hydrogen) atoms. The van der Waals surface area contributed by atoms with E-state index in [1.807, 2.05) is 25.1 Å². The third-order valence-electron chi connectivity index (χ3n) is 2.35. The van der Waals surface area contributed by atoms with Gasteiger partial charge in [-0.1, -0.05) is 11.2 Å². The zero-order chi connectivity index (χ0) is 12.3. The molecule has 90 valence electrons. The average Bonchev–Trinajstić information content (AvgIpc) is 2.73. The van der Waals surface area contributed by atoms with Gasteiger partial charge in [0.1, 0.15) is 5.75 Å². The van der Waals surface area contributed by atoms with Gasteiger partial charge in [-0.15, -0.1) is 0 Å². The number of benzene rings is 1. The Kier molecular flexibility index (Phi) is 3.27. The highest BCUT2D eigenvalue weighted by molar-refractivity contribution is 5.57. The van der Waals surface area contributed by atoms with Gasteiger partial charge in [-0.3, -0.25) is 0 Å². The lowest BCUT2D eigenvalue weighted by molar-refractivity contribution is 0.379. The van der Waals surface area contributed by atoms with Crippen LogP contribution < -0.4 is 10.1 Å². The van der Waals surface area contributed by atoms with Gasteiger partial charge in [0.05, 0.1) is 19.3 Å². The van der Waals surface area contributed by atoms with Crippen LogP contribution in [0, 0.1) is 13.8 Å². The molecule has 0 unspecified atom stereocenters. The van der Waals surface area contributed by atoms with Crippen molar-refractivity contribution in [3.63, 3.8) is 0 Å². The molecule has 0 saturated heterocycles. The van der Waals surface area contributed by atoms with E-state index >= 15 is 0 Å². The van der Waals surface area contributed by atoms with Gasteiger partial charge in [0.25, 0.3) is 0 Å². The summed E-state index contributed by atoms with van der Waals surface area (Å²) in [5, 5.41) is 6.95. The van der Waals surface area contributed by atoms with E-state index in [0.717, 1.165) is 17.0 Å². The number of methoxy groups -OCH3 is 1. The predicted octanol–water partition coefficient (Wildman–Crippen LogP) is 2.31. The lowest BCUT2D eigenvalue weighted by Gasteiger charge is -2.10. The topological polar surface area (TPSA) is 60.2 Å². The second-order valence-corrected chi connectivity index (χ2v) is 3.79. The molecule has 5 nitrogen and oxygen atoms in total. The minimum Gasteiger partial charge on any atom is -0.495 e. The maximum atomic E-state index is 5.26. The number of hydrogen-bond donors (Lipinski definition) is 1. The summed E-state index contributed by atoms with van der Waals surface area (Å²) in [7, 11) is 1.65. The predicted molar refractivity (Wildman–Crippen MR) is 64.1 cm³/mol. The SMILES string of the molecule is COc1ccc(C)cc1NCc1nc(C)no1. The van der Waals surface area contributed by atoms with Crippen LogP contribution >= 0.6 is 0 Å². The molecule has 2 rings (SSSR count). The fourth-order valence-electron chi connectivity index (χ4n) is 1.54. The number of hydrogen-bond acceptors (Lipinski definition) is 5. The van der Waals surface area contributed by atoms with E-state index in [-0.39, 0.29) is 0 Å². The molecule has 0 amide bonds. The molecular weight excluding hydrogens is 218 g/mol. The first kappa shape index (κ1) is 11.4. The van der Waals surface area contributed by atoms with Crippen LogP contribution in [0.1, 0.15) is 17.3 Å². The summed E-state index contributed by atoms with van der Waals surface area (Å²) < 4.78 is 10.3. The molecule has 0 atom stereocenters. The third-order valence-corrected chi connectivity index (χ3v) is 2.35. The summed E-state index contributed by atoms with van der Waals surface area (Å²) in [4.78, 5) is 4.12. The number of anilines is 1. The lowest BCUT2D eigenvalue weighted by atomic mass is 10.2. The van der Waals surface area contributed by atoms with Crippen molar-refractivity contribution in [2.75, 3.05) is 12.4 Å². The number of nitrogens with zero attached hydrogens (tertiary/aromatic N) is 2. The van der Waals surface area contributed by atoms with Gasteiger partial charge in [-0.25, -0.2) is 0 Å². The Bertz CT molecular complexity index is 508. The van der Waals surface area contributed by atoms with E-state index in [1.54, 1.807) is 14.0 Å². The Hall–Kier alpha value is -2.04. The van der Waals surface area contributed by atoms with Crippen LogP contribution in [0.25, 0.3) is 0 Å². The van der Waals surface area contributed by atoms with E-state index < -0.39 is 0 Å². The van der Waals surface area contributed by atoms with Gasteiger partial charge in [-0.05, 0) is 31.5 Å². The van der Waals surface area contributed by atoms with Gasteiger partial charge in [0.15, 0.2) is 5.82 Å².